The number of carbonyl (C=O) groups excluding carboxylic acids is 3. The Balaban J connectivity index is 2.23. The van der Waals surface area contributed by atoms with Crippen LogP contribution in [-0.4, -0.2) is 41.2 Å². The highest BCUT2D eigenvalue weighted by atomic mass is 19.1. The third-order valence-electron chi connectivity index (χ3n) is 2.97. The topological polar surface area (TPSA) is 83.7 Å². The maximum absolute atomic E-state index is 13.9. The van der Waals surface area contributed by atoms with Crippen LogP contribution in [-0.2, 0) is 16.1 Å². The molecule has 0 radical (unpaired) electrons. The molecule has 1 aromatic rings. The van der Waals surface area contributed by atoms with Crippen molar-refractivity contribution in [2.75, 3.05) is 13.6 Å². The van der Waals surface area contributed by atoms with Gasteiger partial charge in [-0.1, -0.05) is 17.9 Å². The summed E-state index contributed by atoms with van der Waals surface area (Å²) in [7, 11) is 1.20. The average Bonchev–Trinajstić information content (AvgIpc) is 2.65. The summed E-state index contributed by atoms with van der Waals surface area (Å²) in [5.74, 6) is 2.77. The quantitative estimate of drug-likeness (QED) is 0.474. The number of imide groups is 2. The fourth-order valence-corrected chi connectivity index (χ4v) is 1.83. The second-order valence-corrected chi connectivity index (χ2v) is 4.35. The molecule has 21 heavy (non-hydrogen) atoms. The van der Waals surface area contributed by atoms with Crippen molar-refractivity contribution in [1.82, 2.24) is 9.80 Å². The summed E-state index contributed by atoms with van der Waals surface area (Å²) in [6.07, 6.45) is 0. The van der Waals surface area contributed by atoms with Gasteiger partial charge in [-0.25, -0.2) is 9.18 Å². The number of benzene rings is 1. The first-order chi connectivity index (χ1) is 9.95. The molecular formula is C14H12FN3O3. The van der Waals surface area contributed by atoms with Crippen molar-refractivity contribution in [3.63, 3.8) is 0 Å². The second kappa shape index (κ2) is 5.73. The third kappa shape index (κ3) is 2.75. The van der Waals surface area contributed by atoms with Crippen molar-refractivity contribution < 1.29 is 18.8 Å². The van der Waals surface area contributed by atoms with Gasteiger partial charge < -0.3 is 5.73 Å². The third-order valence-corrected chi connectivity index (χ3v) is 2.97. The standard InChI is InChI=1S/C14H12FN3O3/c1-17-12(19)13(20)18(14(17)21)8-10-5-4-9(3-2-6-16)7-11(10)15/h4-5,7H,6,8,16H2,1H3. The van der Waals surface area contributed by atoms with Crippen LogP contribution in [0.2, 0.25) is 0 Å². The van der Waals surface area contributed by atoms with Crippen LogP contribution in [0.25, 0.3) is 0 Å². The van der Waals surface area contributed by atoms with Gasteiger partial charge >= 0.3 is 17.8 Å². The van der Waals surface area contributed by atoms with Crippen molar-refractivity contribution in [2.24, 2.45) is 5.73 Å². The van der Waals surface area contributed by atoms with Gasteiger partial charge in [-0.15, -0.1) is 0 Å². The van der Waals surface area contributed by atoms with Gasteiger partial charge in [-0.05, 0) is 12.1 Å². The highest BCUT2D eigenvalue weighted by Crippen LogP contribution is 2.17. The van der Waals surface area contributed by atoms with Gasteiger partial charge in [0.15, 0.2) is 0 Å². The zero-order valence-corrected chi connectivity index (χ0v) is 11.2. The normalized spacial score (nSPS) is 14.5. The number of amides is 4. The molecule has 7 heteroatoms. The van der Waals surface area contributed by atoms with Gasteiger partial charge in [0.05, 0.1) is 13.1 Å². The molecule has 1 aliphatic rings. The van der Waals surface area contributed by atoms with Crippen LogP contribution in [0, 0.1) is 17.7 Å². The molecule has 0 aromatic heterocycles. The first-order valence-corrected chi connectivity index (χ1v) is 6.06. The first kappa shape index (κ1) is 14.7. The van der Waals surface area contributed by atoms with Gasteiger partial charge in [0, 0.05) is 18.2 Å². The zero-order chi connectivity index (χ0) is 15.6. The molecule has 1 aromatic carbocycles. The van der Waals surface area contributed by atoms with E-state index < -0.39 is 23.7 Å². The number of carbonyl (C=O) groups is 3. The van der Waals surface area contributed by atoms with Crippen LogP contribution in [0.15, 0.2) is 18.2 Å². The van der Waals surface area contributed by atoms with E-state index in [1.54, 1.807) is 6.07 Å². The van der Waals surface area contributed by atoms with Crippen LogP contribution >= 0.6 is 0 Å². The molecule has 4 amide bonds. The highest BCUT2D eigenvalue weighted by Gasteiger charge is 2.42. The molecule has 1 saturated heterocycles. The molecule has 1 fully saturated rings. The van der Waals surface area contributed by atoms with Gasteiger partial charge in [0.1, 0.15) is 5.82 Å². The minimum absolute atomic E-state index is 0.123. The lowest BCUT2D eigenvalue weighted by Crippen LogP contribution is -2.31. The van der Waals surface area contributed by atoms with E-state index in [0.717, 1.165) is 0 Å². The van der Waals surface area contributed by atoms with Crippen molar-refractivity contribution >= 4 is 17.8 Å². The molecule has 108 valence electrons. The van der Waals surface area contributed by atoms with Crippen LogP contribution in [0.1, 0.15) is 11.1 Å². The first-order valence-electron chi connectivity index (χ1n) is 6.06. The highest BCUT2D eigenvalue weighted by molar-refractivity contribution is 6.44. The molecule has 1 aliphatic heterocycles. The molecule has 0 spiro atoms. The smallest absolute Gasteiger partial charge is 0.320 e. The Labute approximate surface area is 120 Å². The second-order valence-electron chi connectivity index (χ2n) is 4.35. The van der Waals surface area contributed by atoms with Gasteiger partial charge in [-0.2, -0.15) is 0 Å². The Kier molecular flexibility index (Phi) is 4.00. The summed E-state index contributed by atoms with van der Waals surface area (Å²) >= 11 is 0. The Hall–Kier alpha value is -2.72. The number of likely N-dealkylation sites (N-methyl/N-ethyl adjacent to an activating group) is 1. The van der Waals surface area contributed by atoms with Crippen molar-refractivity contribution in [3.05, 3.63) is 35.1 Å². The Morgan fingerprint density at radius 2 is 1.95 bits per heavy atom. The fourth-order valence-electron chi connectivity index (χ4n) is 1.83. The molecule has 0 saturated carbocycles. The fraction of sp³-hybridized carbons (Fsp3) is 0.214. The lowest BCUT2D eigenvalue weighted by Gasteiger charge is -2.13. The van der Waals surface area contributed by atoms with Crippen LogP contribution in [0.4, 0.5) is 9.18 Å². The Morgan fingerprint density at radius 1 is 1.24 bits per heavy atom. The Bertz CT molecular complexity index is 690. The van der Waals surface area contributed by atoms with Gasteiger partial charge in [0.25, 0.3) is 0 Å². The van der Waals surface area contributed by atoms with E-state index in [0.29, 0.717) is 15.4 Å². The molecule has 0 bridgehead atoms. The lowest BCUT2D eigenvalue weighted by atomic mass is 10.1. The van der Waals surface area contributed by atoms with Crippen molar-refractivity contribution in [2.45, 2.75) is 6.54 Å². The molecule has 0 unspecified atom stereocenters. The maximum atomic E-state index is 13.9. The summed E-state index contributed by atoms with van der Waals surface area (Å²) in [6, 6.07) is 3.39. The summed E-state index contributed by atoms with van der Waals surface area (Å²) < 4.78 is 13.9. The molecule has 0 atom stereocenters. The van der Waals surface area contributed by atoms with Crippen molar-refractivity contribution in [1.29, 1.82) is 0 Å². The number of rotatable bonds is 2. The van der Waals surface area contributed by atoms with Gasteiger partial charge in [-0.3, -0.25) is 19.4 Å². The number of hydrogen-bond acceptors (Lipinski definition) is 4. The SMILES string of the molecule is CN1C(=O)C(=O)N(Cc2ccc(C#CCN)cc2F)C1=O. The van der Waals surface area contributed by atoms with Crippen LogP contribution < -0.4 is 5.73 Å². The number of urea groups is 1. The Morgan fingerprint density at radius 3 is 2.48 bits per heavy atom. The number of hydrogen-bond donors (Lipinski definition) is 1. The zero-order valence-electron chi connectivity index (χ0n) is 11.2. The van der Waals surface area contributed by atoms with E-state index in [2.05, 4.69) is 11.8 Å². The van der Waals surface area contributed by atoms with E-state index in [4.69, 9.17) is 5.73 Å². The minimum Gasteiger partial charge on any atom is -0.320 e. The summed E-state index contributed by atoms with van der Waals surface area (Å²) in [4.78, 5) is 36.1. The average molecular weight is 289 g/mol. The predicted molar refractivity (Wildman–Crippen MR) is 71.0 cm³/mol. The lowest BCUT2D eigenvalue weighted by molar-refractivity contribution is -0.143. The summed E-state index contributed by atoms with van der Waals surface area (Å²) in [5.41, 5.74) is 5.79. The minimum atomic E-state index is -0.964. The summed E-state index contributed by atoms with van der Waals surface area (Å²) in [5, 5.41) is 0. The molecule has 6 nitrogen and oxygen atoms in total. The number of halogens is 1. The maximum Gasteiger partial charge on any atom is 0.334 e. The van der Waals surface area contributed by atoms with E-state index in [1.165, 1.54) is 19.2 Å². The van der Waals surface area contributed by atoms with E-state index in [-0.39, 0.29) is 18.7 Å². The number of nitrogens with two attached hydrogens (primary N) is 1. The summed E-state index contributed by atoms with van der Waals surface area (Å²) in [6.45, 7) is -0.140. The molecule has 2 rings (SSSR count). The molecule has 1 heterocycles. The molecule has 2 N–H and O–H groups in total. The van der Waals surface area contributed by atoms with E-state index >= 15 is 0 Å². The molecule has 0 aliphatic carbocycles. The van der Waals surface area contributed by atoms with Crippen LogP contribution in [0.5, 0.6) is 0 Å². The largest absolute Gasteiger partial charge is 0.334 e. The molecular weight excluding hydrogens is 277 g/mol. The predicted octanol–water partition coefficient (Wildman–Crippen LogP) is 0.0565. The van der Waals surface area contributed by atoms with E-state index in [1.807, 2.05) is 0 Å². The van der Waals surface area contributed by atoms with Crippen molar-refractivity contribution in [3.8, 4) is 11.8 Å². The monoisotopic (exact) mass is 289 g/mol. The van der Waals surface area contributed by atoms with Gasteiger partial charge in [0.2, 0.25) is 0 Å². The van der Waals surface area contributed by atoms with Crippen LogP contribution in [0.3, 0.4) is 0 Å². The number of nitrogens with zero attached hydrogens (tertiary/aromatic N) is 2. The van der Waals surface area contributed by atoms with E-state index in [9.17, 15) is 18.8 Å².